The Morgan fingerprint density at radius 2 is 2.00 bits per heavy atom. The van der Waals surface area contributed by atoms with E-state index < -0.39 is 0 Å². The molecule has 20 heavy (non-hydrogen) atoms. The van der Waals surface area contributed by atoms with Gasteiger partial charge in [-0.15, -0.1) is 0 Å². The molecule has 1 heterocycles. The van der Waals surface area contributed by atoms with E-state index >= 15 is 0 Å². The number of amides is 1. The minimum atomic E-state index is -0.0429. The van der Waals surface area contributed by atoms with Gasteiger partial charge in [-0.05, 0) is 17.4 Å². The number of nitrogens with zero attached hydrogens (tertiary/aromatic N) is 1. The van der Waals surface area contributed by atoms with Crippen LogP contribution in [0.3, 0.4) is 0 Å². The van der Waals surface area contributed by atoms with Gasteiger partial charge in [-0.25, -0.2) is 0 Å². The maximum atomic E-state index is 12.9. The highest BCUT2D eigenvalue weighted by Gasteiger charge is 2.35. The first-order valence-electron chi connectivity index (χ1n) is 7.63. The van der Waals surface area contributed by atoms with Crippen LogP contribution in [0.15, 0.2) is 30.3 Å². The third kappa shape index (κ3) is 3.04. The maximum absolute atomic E-state index is 12.9. The van der Waals surface area contributed by atoms with Gasteiger partial charge < -0.3 is 10.6 Å². The number of hydrogen-bond donors (Lipinski definition) is 1. The number of benzene rings is 1. The van der Waals surface area contributed by atoms with Gasteiger partial charge in [-0.2, -0.15) is 0 Å². The number of carbonyl (C=O) groups excluding carboxylic acids is 1. The summed E-state index contributed by atoms with van der Waals surface area (Å²) in [6.45, 7) is 7.92. The average Bonchev–Trinajstić information content (AvgIpc) is 2.80. The molecular weight excluding hydrogens is 248 g/mol. The van der Waals surface area contributed by atoms with Crippen LogP contribution in [0.4, 0.5) is 0 Å². The van der Waals surface area contributed by atoms with E-state index in [1.807, 2.05) is 23.1 Å². The van der Waals surface area contributed by atoms with Gasteiger partial charge >= 0.3 is 0 Å². The number of hydrogen-bond acceptors (Lipinski definition) is 2. The third-order valence-electron chi connectivity index (χ3n) is 4.62. The fourth-order valence-corrected chi connectivity index (χ4v) is 2.98. The lowest BCUT2D eigenvalue weighted by Crippen LogP contribution is -2.37. The molecular formula is C17H26N2O. The van der Waals surface area contributed by atoms with Crippen molar-refractivity contribution in [1.29, 1.82) is 0 Å². The van der Waals surface area contributed by atoms with Crippen LogP contribution in [0.1, 0.15) is 38.7 Å². The molecule has 3 nitrogen and oxygen atoms in total. The zero-order chi connectivity index (χ0) is 14.7. The zero-order valence-electron chi connectivity index (χ0n) is 12.8. The number of rotatable bonds is 4. The Balaban J connectivity index is 2.22. The van der Waals surface area contributed by atoms with Gasteiger partial charge in [0.1, 0.15) is 0 Å². The zero-order valence-corrected chi connectivity index (χ0v) is 12.8. The molecule has 4 unspecified atom stereocenters. The minimum absolute atomic E-state index is 0.0429. The lowest BCUT2D eigenvalue weighted by atomic mass is 9.84. The summed E-state index contributed by atoms with van der Waals surface area (Å²) in [7, 11) is 0. The van der Waals surface area contributed by atoms with Gasteiger partial charge in [0, 0.05) is 19.1 Å². The van der Waals surface area contributed by atoms with Gasteiger partial charge in [-0.1, -0.05) is 57.5 Å². The second-order valence-corrected chi connectivity index (χ2v) is 6.16. The normalized spacial score (nSPS) is 25.5. The maximum Gasteiger partial charge on any atom is 0.230 e. The van der Waals surface area contributed by atoms with Gasteiger partial charge in [0.15, 0.2) is 0 Å². The summed E-state index contributed by atoms with van der Waals surface area (Å²) in [6.07, 6.45) is 1.00. The highest BCUT2D eigenvalue weighted by Crippen LogP contribution is 2.30. The molecule has 0 spiro atoms. The number of carbonyl (C=O) groups is 1. The van der Waals surface area contributed by atoms with Gasteiger partial charge in [0.2, 0.25) is 5.91 Å². The van der Waals surface area contributed by atoms with Crippen molar-refractivity contribution in [3.63, 3.8) is 0 Å². The fraction of sp³-hybridized carbons (Fsp3) is 0.588. The molecule has 3 heteroatoms. The van der Waals surface area contributed by atoms with Gasteiger partial charge in [0.05, 0.1) is 5.92 Å². The van der Waals surface area contributed by atoms with Crippen molar-refractivity contribution in [2.75, 3.05) is 13.1 Å². The first kappa shape index (κ1) is 15.0. The predicted molar refractivity (Wildman–Crippen MR) is 82.4 cm³/mol. The fourth-order valence-electron chi connectivity index (χ4n) is 2.98. The molecule has 1 aliphatic rings. The molecule has 4 atom stereocenters. The quantitative estimate of drug-likeness (QED) is 0.917. The van der Waals surface area contributed by atoms with E-state index in [0.717, 1.165) is 18.5 Å². The Kier molecular flexibility index (Phi) is 4.81. The van der Waals surface area contributed by atoms with Crippen LogP contribution in [-0.2, 0) is 4.79 Å². The lowest BCUT2D eigenvalue weighted by Gasteiger charge is -2.27. The molecule has 1 amide bonds. The second-order valence-electron chi connectivity index (χ2n) is 6.16. The van der Waals surface area contributed by atoms with E-state index in [1.54, 1.807) is 0 Å². The topological polar surface area (TPSA) is 46.3 Å². The Labute approximate surface area is 122 Å². The van der Waals surface area contributed by atoms with Crippen LogP contribution in [-0.4, -0.2) is 29.9 Å². The summed E-state index contributed by atoms with van der Waals surface area (Å²) in [5.41, 5.74) is 7.18. The minimum Gasteiger partial charge on any atom is -0.340 e. The lowest BCUT2D eigenvalue weighted by molar-refractivity contribution is -0.133. The monoisotopic (exact) mass is 274 g/mol. The summed E-state index contributed by atoms with van der Waals surface area (Å²) in [5, 5.41) is 0. The highest BCUT2D eigenvalue weighted by molar-refractivity contribution is 5.84. The molecule has 2 N–H and O–H groups in total. The Bertz CT molecular complexity index is 436. The van der Waals surface area contributed by atoms with E-state index in [-0.39, 0.29) is 17.9 Å². The summed E-state index contributed by atoms with van der Waals surface area (Å²) in [6, 6.07) is 10.3. The van der Waals surface area contributed by atoms with Crippen LogP contribution in [0.25, 0.3) is 0 Å². The smallest absolute Gasteiger partial charge is 0.230 e. The Morgan fingerprint density at radius 3 is 2.50 bits per heavy atom. The van der Waals surface area contributed by atoms with Crippen molar-refractivity contribution in [2.45, 2.75) is 39.2 Å². The molecule has 1 aliphatic heterocycles. The van der Waals surface area contributed by atoms with Crippen molar-refractivity contribution < 1.29 is 4.79 Å². The molecule has 2 rings (SSSR count). The predicted octanol–water partition coefficient (Wildman–Crippen LogP) is 2.62. The molecule has 0 aliphatic carbocycles. The summed E-state index contributed by atoms with van der Waals surface area (Å²) in [5.74, 6) is 0.938. The van der Waals surface area contributed by atoms with E-state index in [1.165, 1.54) is 0 Å². The SMILES string of the molecule is CCC(C)C(C(=O)N1CC(C)C(N)C1)c1ccccc1. The van der Waals surface area contributed by atoms with E-state index in [4.69, 9.17) is 5.73 Å². The average molecular weight is 274 g/mol. The molecule has 0 saturated carbocycles. The van der Waals surface area contributed by atoms with Crippen molar-refractivity contribution in [3.8, 4) is 0 Å². The molecule has 0 bridgehead atoms. The molecule has 1 saturated heterocycles. The Hall–Kier alpha value is -1.35. The van der Waals surface area contributed by atoms with Crippen LogP contribution < -0.4 is 5.73 Å². The van der Waals surface area contributed by atoms with Gasteiger partial charge in [0.25, 0.3) is 0 Å². The van der Waals surface area contributed by atoms with Crippen molar-refractivity contribution in [1.82, 2.24) is 4.90 Å². The van der Waals surface area contributed by atoms with Crippen LogP contribution >= 0.6 is 0 Å². The highest BCUT2D eigenvalue weighted by atomic mass is 16.2. The number of likely N-dealkylation sites (tertiary alicyclic amines) is 1. The Morgan fingerprint density at radius 1 is 1.35 bits per heavy atom. The standard InChI is InChI=1S/C17H26N2O/c1-4-12(2)16(14-8-6-5-7-9-14)17(20)19-10-13(3)15(18)11-19/h5-9,12-13,15-16H,4,10-11,18H2,1-3H3. The van der Waals surface area contributed by atoms with Crippen molar-refractivity contribution >= 4 is 5.91 Å². The molecule has 1 aromatic rings. The molecule has 0 radical (unpaired) electrons. The third-order valence-corrected chi connectivity index (χ3v) is 4.62. The van der Waals surface area contributed by atoms with Crippen molar-refractivity contribution in [2.24, 2.45) is 17.6 Å². The second kappa shape index (κ2) is 6.40. The molecule has 0 aromatic heterocycles. The van der Waals surface area contributed by atoms with Gasteiger partial charge in [-0.3, -0.25) is 4.79 Å². The first-order chi connectivity index (χ1) is 9.54. The summed E-state index contributed by atoms with van der Waals surface area (Å²) < 4.78 is 0. The molecule has 110 valence electrons. The first-order valence-corrected chi connectivity index (χ1v) is 7.63. The molecule has 1 aromatic carbocycles. The summed E-state index contributed by atoms with van der Waals surface area (Å²) >= 11 is 0. The van der Waals surface area contributed by atoms with Crippen LogP contribution in [0, 0.1) is 11.8 Å². The molecule has 1 fully saturated rings. The largest absolute Gasteiger partial charge is 0.340 e. The number of nitrogens with two attached hydrogens (primary N) is 1. The van der Waals surface area contributed by atoms with Crippen molar-refractivity contribution in [3.05, 3.63) is 35.9 Å². The van der Waals surface area contributed by atoms with E-state index in [9.17, 15) is 4.79 Å². The summed E-state index contributed by atoms with van der Waals surface area (Å²) in [4.78, 5) is 14.9. The van der Waals surface area contributed by atoms with E-state index in [0.29, 0.717) is 18.4 Å². The van der Waals surface area contributed by atoms with Crippen LogP contribution in [0.2, 0.25) is 0 Å². The van der Waals surface area contributed by atoms with Crippen LogP contribution in [0.5, 0.6) is 0 Å². The van der Waals surface area contributed by atoms with E-state index in [2.05, 4.69) is 32.9 Å².